The molecule has 3 aromatic rings. The molecule has 0 saturated carbocycles. The standard InChI is InChI=1S/C18H14Cl2N2O5S/c1-26-16(23)9-15-22-17(10-2-5-12(6-3-10)28(21,24)25)18(27-15)11-4-7-13(19)14(20)8-11/h2-8H,9H2,1H3,(H2,21,24,25). The van der Waals surface area contributed by atoms with Gasteiger partial charge >= 0.3 is 5.97 Å². The van der Waals surface area contributed by atoms with Crippen LogP contribution in [0.1, 0.15) is 5.89 Å². The molecule has 0 aliphatic heterocycles. The second kappa shape index (κ2) is 7.92. The minimum atomic E-state index is -3.83. The predicted octanol–water partition coefficient (Wildman–Crippen LogP) is 3.68. The monoisotopic (exact) mass is 440 g/mol. The van der Waals surface area contributed by atoms with Crippen molar-refractivity contribution in [3.8, 4) is 22.6 Å². The van der Waals surface area contributed by atoms with E-state index in [9.17, 15) is 13.2 Å². The molecule has 0 bridgehead atoms. The molecular weight excluding hydrogens is 427 g/mol. The molecule has 10 heteroatoms. The van der Waals surface area contributed by atoms with Crippen LogP contribution in [-0.2, 0) is 26.0 Å². The molecule has 1 aromatic heterocycles. The number of nitrogens with zero attached hydrogens (tertiary/aromatic N) is 1. The molecule has 2 N–H and O–H groups in total. The number of esters is 1. The Labute approximate surface area is 171 Å². The number of aromatic nitrogens is 1. The first-order valence-electron chi connectivity index (χ1n) is 7.84. The average molecular weight is 441 g/mol. The van der Waals surface area contributed by atoms with Gasteiger partial charge in [-0.25, -0.2) is 18.5 Å². The summed E-state index contributed by atoms with van der Waals surface area (Å²) in [4.78, 5) is 15.9. The number of carbonyl (C=O) groups excluding carboxylic acids is 1. The van der Waals surface area contributed by atoms with E-state index < -0.39 is 16.0 Å². The third-order valence-electron chi connectivity index (χ3n) is 3.83. The summed E-state index contributed by atoms with van der Waals surface area (Å²) in [6.45, 7) is 0. The second-order valence-electron chi connectivity index (χ2n) is 5.74. The molecule has 0 aliphatic rings. The zero-order valence-electron chi connectivity index (χ0n) is 14.5. The maximum atomic E-state index is 11.6. The Morgan fingerprint density at radius 2 is 1.75 bits per heavy atom. The highest BCUT2D eigenvalue weighted by molar-refractivity contribution is 7.89. The van der Waals surface area contributed by atoms with Crippen molar-refractivity contribution in [3.05, 3.63) is 58.4 Å². The van der Waals surface area contributed by atoms with Crippen molar-refractivity contribution >= 4 is 39.2 Å². The van der Waals surface area contributed by atoms with Gasteiger partial charge in [0.05, 0.1) is 22.1 Å². The molecule has 2 aromatic carbocycles. The number of rotatable bonds is 5. The number of oxazole rings is 1. The maximum absolute atomic E-state index is 11.6. The highest BCUT2D eigenvalue weighted by Crippen LogP contribution is 2.36. The fraction of sp³-hybridized carbons (Fsp3) is 0.111. The molecule has 3 rings (SSSR count). The molecule has 0 unspecified atom stereocenters. The Morgan fingerprint density at radius 3 is 2.32 bits per heavy atom. The average Bonchev–Trinajstić information content (AvgIpc) is 3.07. The van der Waals surface area contributed by atoms with Crippen LogP contribution in [0.3, 0.4) is 0 Å². The van der Waals surface area contributed by atoms with Crippen LogP contribution in [0, 0.1) is 0 Å². The van der Waals surface area contributed by atoms with E-state index in [2.05, 4.69) is 9.72 Å². The Bertz CT molecular complexity index is 1140. The van der Waals surface area contributed by atoms with E-state index in [1.807, 2.05) is 0 Å². The summed E-state index contributed by atoms with van der Waals surface area (Å²) in [6.07, 6.45) is -0.167. The SMILES string of the molecule is COC(=O)Cc1nc(-c2ccc(S(N)(=O)=O)cc2)c(-c2ccc(Cl)c(Cl)c2)o1. The van der Waals surface area contributed by atoms with Gasteiger partial charge in [-0.15, -0.1) is 0 Å². The number of nitrogens with two attached hydrogens (primary N) is 1. The fourth-order valence-electron chi connectivity index (χ4n) is 2.47. The van der Waals surface area contributed by atoms with Gasteiger partial charge in [0.25, 0.3) is 0 Å². The highest BCUT2D eigenvalue weighted by atomic mass is 35.5. The zero-order valence-corrected chi connectivity index (χ0v) is 16.8. The summed E-state index contributed by atoms with van der Waals surface area (Å²) >= 11 is 12.1. The lowest BCUT2D eigenvalue weighted by Gasteiger charge is -2.04. The third-order valence-corrected chi connectivity index (χ3v) is 5.50. The van der Waals surface area contributed by atoms with Gasteiger partial charge in [0, 0.05) is 11.1 Å². The number of hydrogen-bond acceptors (Lipinski definition) is 6. The number of ether oxygens (including phenoxy) is 1. The molecule has 28 heavy (non-hydrogen) atoms. The van der Waals surface area contributed by atoms with Crippen molar-refractivity contribution in [1.82, 2.24) is 4.98 Å². The van der Waals surface area contributed by atoms with Gasteiger partial charge in [-0.3, -0.25) is 4.79 Å². The molecular formula is C18H14Cl2N2O5S. The van der Waals surface area contributed by atoms with Crippen LogP contribution in [0.5, 0.6) is 0 Å². The Morgan fingerprint density at radius 1 is 1.11 bits per heavy atom. The molecule has 146 valence electrons. The number of halogens is 2. The van der Waals surface area contributed by atoms with Crippen LogP contribution >= 0.6 is 23.2 Å². The largest absolute Gasteiger partial charge is 0.469 e. The van der Waals surface area contributed by atoms with Crippen LogP contribution in [0.15, 0.2) is 51.8 Å². The molecule has 0 radical (unpaired) electrons. The van der Waals surface area contributed by atoms with Crippen LogP contribution in [0.4, 0.5) is 0 Å². The van der Waals surface area contributed by atoms with Gasteiger partial charge in [-0.1, -0.05) is 35.3 Å². The summed E-state index contributed by atoms with van der Waals surface area (Å²) in [5.74, 6) is -0.0302. The molecule has 0 fully saturated rings. The van der Waals surface area contributed by atoms with E-state index in [0.717, 1.165) is 0 Å². The van der Waals surface area contributed by atoms with Crippen LogP contribution in [0.25, 0.3) is 22.6 Å². The topological polar surface area (TPSA) is 112 Å². The minimum Gasteiger partial charge on any atom is -0.469 e. The first-order chi connectivity index (χ1) is 13.2. The van der Waals surface area contributed by atoms with Crippen LogP contribution in [-0.4, -0.2) is 26.5 Å². The first-order valence-corrected chi connectivity index (χ1v) is 10.1. The van der Waals surface area contributed by atoms with Crippen molar-refractivity contribution in [2.45, 2.75) is 11.3 Å². The van der Waals surface area contributed by atoms with Gasteiger partial charge < -0.3 is 9.15 Å². The van der Waals surface area contributed by atoms with E-state index in [-0.39, 0.29) is 17.2 Å². The number of carbonyl (C=O) groups is 1. The van der Waals surface area contributed by atoms with Gasteiger partial charge in [-0.05, 0) is 30.3 Å². The first kappa shape index (κ1) is 20.3. The maximum Gasteiger partial charge on any atom is 0.314 e. The van der Waals surface area contributed by atoms with Crippen molar-refractivity contribution in [1.29, 1.82) is 0 Å². The molecule has 0 saturated heterocycles. The third kappa shape index (κ3) is 4.36. The van der Waals surface area contributed by atoms with Gasteiger partial charge in [0.2, 0.25) is 15.9 Å². The summed E-state index contributed by atoms with van der Waals surface area (Å²) in [7, 11) is -2.56. The predicted molar refractivity (Wildman–Crippen MR) is 104 cm³/mol. The summed E-state index contributed by atoms with van der Waals surface area (Å²) in [5, 5.41) is 5.82. The van der Waals surface area contributed by atoms with Gasteiger partial charge in [0.15, 0.2) is 5.76 Å². The summed E-state index contributed by atoms with van der Waals surface area (Å²) < 4.78 is 33.3. The molecule has 0 aliphatic carbocycles. The Hall–Kier alpha value is -2.39. The van der Waals surface area contributed by atoms with Crippen molar-refractivity contribution in [2.24, 2.45) is 5.14 Å². The van der Waals surface area contributed by atoms with Crippen LogP contribution < -0.4 is 5.14 Å². The van der Waals surface area contributed by atoms with E-state index in [0.29, 0.717) is 32.6 Å². The Kier molecular flexibility index (Phi) is 5.76. The van der Waals surface area contributed by atoms with Crippen molar-refractivity contribution in [2.75, 3.05) is 7.11 Å². The smallest absolute Gasteiger partial charge is 0.314 e. The summed E-state index contributed by atoms with van der Waals surface area (Å²) in [5.41, 5.74) is 1.55. The van der Waals surface area contributed by atoms with Gasteiger partial charge in [-0.2, -0.15) is 0 Å². The molecule has 0 amide bonds. The molecule has 7 nitrogen and oxygen atoms in total. The number of benzene rings is 2. The lowest BCUT2D eigenvalue weighted by molar-refractivity contribution is -0.140. The van der Waals surface area contributed by atoms with E-state index in [1.54, 1.807) is 30.3 Å². The zero-order chi connectivity index (χ0) is 20.5. The summed E-state index contributed by atoms with van der Waals surface area (Å²) in [6, 6.07) is 10.7. The minimum absolute atomic E-state index is 0.0365. The number of methoxy groups -OCH3 is 1. The van der Waals surface area contributed by atoms with E-state index in [1.165, 1.54) is 19.2 Å². The number of hydrogen-bond donors (Lipinski definition) is 1. The van der Waals surface area contributed by atoms with E-state index in [4.69, 9.17) is 32.8 Å². The lowest BCUT2D eigenvalue weighted by atomic mass is 10.1. The quantitative estimate of drug-likeness (QED) is 0.605. The van der Waals surface area contributed by atoms with Crippen molar-refractivity contribution in [3.63, 3.8) is 0 Å². The molecule has 1 heterocycles. The van der Waals surface area contributed by atoms with Crippen molar-refractivity contribution < 1.29 is 22.4 Å². The number of sulfonamides is 1. The van der Waals surface area contributed by atoms with Gasteiger partial charge in [0.1, 0.15) is 12.1 Å². The highest BCUT2D eigenvalue weighted by Gasteiger charge is 2.20. The molecule has 0 atom stereocenters. The van der Waals surface area contributed by atoms with E-state index >= 15 is 0 Å². The second-order valence-corrected chi connectivity index (χ2v) is 8.11. The van der Waals surface area contributed by atoms with Crippen LogP contribution in [0.2, 0.25) is 10.0 Å². The molecule has 0 spiro atoms. The number of primary sulfonamides is 1. The fourth-order valence-corrected chi connectivity index (χ4v) is 3.28. The Balaban J connectivity index is 2.12. The lowest BCUT2D eigenvalue weighted by Crippen LogP contribution is -2.11. The normalized spacial score (nSPS) is 11.4.